The van der Waals surface area contributed by atoms with Crippen molar-refractivity contribution in [3.8, 4) is 11.5 Å². The van der Waals surface area contributed by atoms with Gasteiger partial charge in [-0.3, -0.25) is 0 Å². The highest BCUT2D eigenvalue weighted by atomic mass is 32.2. The van der Waals surface area contributed by atoms with E-state index in [1.54, 1.807) is 23.9 Å². The minimum absolute atomic E-state index is 0.277. The third-order valence-corrected chi connectivity index (χ3v) is 4.61. The summed E-state index contributed by atoms with van der Waals surface area (Å²) in [5, 5.41) is 24.0. The molecule has 7 heteroatoms. The standard InChI is InChI=1S/C18H20N4O2S/c1-2-3-15-10-16(23)8-9-17(15)24-11-13-4-6-14(7-5-13)12-25-18-19-21-22-20-18/h4-10,23H,2-3,11-12H2,1H3,(H,19,20,21,22). The predicted octanol–water partition coefficient (Wildman–Crippen LogP) is 3.73. The highest BCUT2D eigenvalue weighted by Gasteiger charge is 2.06. The van der Waals surface area contributed by atoms with Crippen LogP contribution in [0.4, 0.5) is 0 Å². The third kappa shape index (κ3) is 4.96. The van der Waals surface area contributed by atoms with Gasteiger partial charge in [0.1, 0.15) is 18.1 Å². The largest absolute Gasteiger partial charge is 0.508 e. The van der Waals surface area contributed by atoms with Gasteiger partial charge >= 0.3 is 0 Å². The molecule has 0 atom stereocenters. The Bertz CT molecular complexity index is 791. The second kappa shape index (κ2) is 8.53. The molecule has 0 aliphatic rings. The van der Waals surface area contributed by atoms with Crippen LogP contribution < -0.4 is 4.74 Å². The second-order valence-electron chi connectivity index (χ2n) is 5.64. The zero-order valence-corrected chi connectivity index (χ0v) is 14.8. The molecule has 3 aromatic rings. The molecule has 0 fully saturated rings. The van der Waals surface area contributed by atoms with Crippen molar-refractivity contribution in [2.75, 3.05) is 0 Å². The Labute approximate surface area is 150 Å². The molecule has 0 spiro atoms. The van der Waals surface area contributed by atoms with Gasteiger partial charge in [0, 0.05) is 5.75 Å². The van der Waals surface area contributed by atoms with Crippen molar-refractivity contribution < 1.29 is 9.84 Å². The molecule has 6 nitrogen and oxygen atoms in total. The van der Waals surface area contributed by atoms with Crippen LogP contribution in [-0.2, 0) is 18.8 Å². The van der Waals surface area contributed by atoms with Gasteiger partial charge in [0.15, 0.2) is 0 Å². The summed E-state index contributed by atoms with van der Waals surface area (Å²) in [6.45, 7) is 2.61. The van der Waals surface area contributed by atoms with Gasteiger partial charge in [0.2, 0.25) is 5.16 Å². The molecule has 0 unspecified atom stereocenters. The van der Waals surface area contributed by atoms with E-state index < -0.39 is 0 Å². The number of ether oxygens (including phenoxy) is 1. The van der Waals surface area contributed by atoms with Crippen LogP contribution >= 0.6 is 11.8 Å². The molecule has 0 aliphatic carbocycles. The smallest absolute Gasteiger partial charge is 0.207 e. The van der Waals surface area contributed by atoms with Crippen molar-refractivity contribution in [2.45, 2.75) is 37.3 Å². The fourth-order valence-corrected chi connectivity index (χ4v) is 3.12. The highest BCUT2D eigenvalue weighted by molar-refractivity contribution is 7.98. The van der Waals surface area contributed by atoms with E-state index in [0.717, 1.165) is 35.5 Å². The van der Waals surface area contributed by atoms with Gasteiger partial charge in [-0.15, -0.1) is 5.10 Å². The van der Waals surface area contributed by atoms with Crippen LogP contribution in [0.5, 0.6) is 11.5 Å². The summed E-state index contributed by atoms with van der Waals surface area (Å²) in [7, 11) is 0. The Kier molecular flexibility index (Phi) is 5.90. The zero-order valence-electron chi connectivity index (χ0n) is 14.0. The number of nitrogens with zero attached hydrogens (tertiary/aromatic N) is 3. The van der Waals surface area contributed by atoms with Crippen LogP contribution in [0.2, 0.25) is 0 Å². The van der Waals surface area contributed by atoms with E-state index in [-0.39, 0.29) is 5.75 Å². The normalized spacial score (nSPS) is 10.8. The van der Waals surface area contributed by atoms with E-state index in [1.165, 1.54) is 5.56 Å². The van der Waals surface area contributed by atoms with Crippen LogP contribution in [0.1, 0.15) is 30.0 Å². The monoisotopic (exact) mass is 356 g/mol. The second-order valence-corrected chi connectivity index (χ2v) is 6.61. The highest BCUT2D eigenvalue weighted by Crippen LogP contribution is 2.26. The average Bonchev–Trinajstić information content (AvgIpc) is 3.14. The maximum Gasteiger partial charge on any atom is 0.207 e. The Balaban J connectivity index is 1.56. The number of H-pyrrole nitrogens is 1. The Morgan fingerprint density at radius 3 is 2.64 bits per heavy atom. The molecule has 0 aliphatic heterocycles. The molecule has 3 rings (SSSR count). The number of aromatic hydroxyl groups is 1. The lowest BCUT2D eigenvalue weighted by Crippen LogP contribution is -1.99. The van der Waals surface area contributed by atoms with Crippen molar-refractivity contribution in [1.29, 1.82) is 0 Å². The van der Waals surface area contributed by atoms with Gasteiger partial charge in [-0.25, -0.2) is 5.10 Å². The predicted molar refractivity (Wildman–Crippen MR) is 96.6 cm³/mol. The number of hydrogen-bond donors (Lipinski definition) is 2. The van der Waals surface area contributed by atoms with E-state index in [0.29, 0.717) is 11.8 Å². The van der Waals surface area contributed by atoms with E-state index in [4.69, 9.17) is 4.74 Å². The first kappa shape index (κ1) is 17.3. The number of aromatic nitrogens is 4. The van der Waals surface area contributed by atoms with Crippen LogP contribution in [-0.4, -0.2) is 25.7 Å². The number of rotatable bonds is 8. The van der Waals surface area contributed by atoms with Gasteiger partial charge in [0.25, 0.3) is 0 Å². The van der Waals surface area contributed by atoms with Crippen molar-refractivity contribution in [3.63, 3.8) is 0 Å². The van der Waals surface area contributed by atoms with E-state index in [1.807, 2.05) is 6.07 Å². The summed E-state index contributed by atoms with van der Waals surface area (Å²) in [6.07, 6.45) is 1.89. The van der Waals surface area contributed by atoms with E-state index in [9.17, 15) is 5.11 Å². The minimum Gasteiger partial charge on any atom is -0.508 e. The minimum atomic E-state index is 0.277. The molecular weight excluding hydrogens is 336 g/mol. The summed E-state index contributed by atoms with van der Waals surface area (Å²) in [6, 6.07) is 13.6. The van der Waals surface area contributed by atoms with Crippen molar-refractivity contribution in [1.82, 2.24) is 20.6 Å². The number of aromatic amines is 1. The van der Waals surface area contributed by atoms with Crippen LogP contribution in [0.15, 0.2) is 47.6 Å². The molecule has 0 saturated heterocycles. The van der Waals surface area contributed by atoms with Crippen LogP contribution in [0.3, 0.4) is 0 Å². The SMILES string of the molecule is CCCc1cc(O)ccc1OCc1ccc(CSc2nnn[nH]2)cc1. The molecule has 0 saturated carbocycles. The van der Waals surface area contributed by atoms with Gasteiger partial charge in [-0.1, -0.05) is 49.4 Å². The molecule has 2 N–H and O–H groups in total. The molecule has 0 radical (unpaired) electrons. The number of phenolic OH excluding ortho intramolecular Hbond substituents is 1. The summed E-state index contributed by atoms with van der Waals surface area (Å²) in [5.41, 5.74) is 3.34. The molecule has 2 aromatic carbocycles. The van der Waals surface area contributed by atoms with E-state index in [2.05, 4.69) is 51.8 Å². The van der Waals surface area contributed by atoms with Crippen molar-refractivity contribution >= 4 is 11.8 Å². The lowest BCUT2D eigenvalue weighted by Gasteiger charge is -2.12. The lowest BCUT2D eigenvalue weighted by molar-refractivity contribution is 0.302. The fraction of sp³-hybridized carbons (Fsp3) is 0.278. The quantitative estimate of drug-likeness (QED) is 0.598. The number of tetrazole rings is 1. The first-order valence-electron chi connectivity index (χ1n) is 8.13. The molecule has 0 bridgehead atoms. The molecule has 130 valence electrons. The maximum absolute atomic E-state index is 9.63. The van der Waals surface area contributed by atoms with Crippen LogP contribution in [0, 0.1) is 0 Å². The molecular formula is C18H20N4O2S. The third-order valence-electron chi connectivity index (χ3n) is 3.68. The average molecular weight is 356 g/mol. The van der Waals surface area contributed by atoms with Gasteiger partial charge in [0.05, 0.1) is 0 Å². The lowest BCUT2D eigenvalue weighted by atomic mass is 10.1. The van der Waals surface area contributed by atoms with Gasteiger partial charge in [-0.05, 0) is 51.7 Å². The summed E-state index contributed by atoms with van der Waals surface area (Å²) >= 11 is 1.56. The van der Waals surface area contributed by atoms with Gasteiger partial charge in [-0.2, -0.15) is 0 Å². The fourth-order valence-electron chi connectivity index (χ4n) is 2.43. The van der Waals surface area contributed by atoms with Crippen LogP contribution in [0.25, 0.3) is 0 Å². The first-order valence-corrected chi connectivity index (χ1v) is 9.12. The maximum atomic E-state index is 9.63. The number of benzene rings is 2. The summed E-state index contributed by atoms with van der Waals surface area (Å²) in [5.74, 6) is 1.91. The van der Waals surface area contributed by atoms with E-state index >= 15 is 0 Å². The molecule has 0 amide bonds. The molecule has 1 aromatic heterocycles. The van der Waals surface area contributed by atoms with Crippen molar-refractivity contribution in [2.24, 2.45) is 0 Å². The number of nitrogens with one attached hydrogen (secondary N) is 1. The number of aryl methyl sites for hydroxylation is 1. The molecule has 25 heavy (non-hydrogen) atoms. The number of phenols is 1. The number of hydrogen-bond acceptors (Lipinski definition) is 6. The number of thioether (sulfide) groups is 1. The van der Waals surface area contributed by atoms with Gasteiger partial charge < -0.3 is 9.84 Å². The Hall–Kier alpha value is -2.54. The molecule has 1 heterocycles. The van der Waals surface area contributed by atoms with Crippen molar-refractivity contribution in [3.05, 3.63) is 59.2 Å². The Morgan fingerprint density at radius 2 is 1.92 bits per heavy atom. The zero-order chi connectivity index (χ0) is 17.5. The summed E-state index contributed by atoms with van der Waals surface area (Å²) in [4.78, 5) is 0. The first-order chi connectivity index (χ1) is 12.2. The topological polar surface area (TPSA) is 83.9 Å². The Morgan fingerprint density at radius 1 is 1.12 bits per heavy atom. The summed E-state index contributed by atoms with van der Waals surface area (Å²) < 4.78 is 5.94.